The largest absolute Gasteiger partial charge is 0.375 e. The molecule has 2 N–H and O–H groups in total. The Hall–Kier alpha value is -2.64. The highest BCUT2D eigenvalue weighted by Crippen LogP contribution is 2.37. The number of hydrogen-bond acceptors (Lipinski definition) is 5. The third-order valence-corrected chi connectivity index (χ3v) is 6.21. The van der Waals surface area contributed by atoms with Crippen LogP contribution in [0.1, 0.15) is 35.2 Å². The van der Waals surface area contributed by atoms with Crippen LogP contribution in [0.15, 0.2) is 48.5 Å². The number of amides is 1. The first-order valence-corrected chi connectivity index (χ1v) is 10.1. The quantitative estimate of drug-likeness (QED) is 0.555. The second-order valence-electron chi connectivity index (χ2n) is 8.05. The number of halogens is 1. The van der Waals surface area contributed by atoms with Crippen molar-refractivity contribution in [3.05, 3.63) is 69.8 Å². The Balaban J connectivity index is 0.00000256. The molecule has 0 unspecified atom stereocenters. The van der Waals surface area contributed by atoms with Gasteiger partial charge in [-0.2, -0.15) is 0 Å². The van der Waals surface area contributed by atoms with Crippen LogP contribution in [0.5, 0.6) is 0 Å². The number of piperidine rings is 1. The van der Waals surface area contributed by atoms with Gasteiger partial charge in [-0.3, -0.25) is 14.9 Å². The summed E-state index contributed by atoms with van der Waals surface area (Å²) in [5.41, 5.74) is 2.09. The molecule has 2 fully saturated rings. The van der Waals surface area contributed by atoms with Crippen LogP contribution in [0.4, 0.5) is 11.4 Å². The number of likely N-dealkylation sites (tertiary alicyclic amines) is 1. The third kappa shape index (κ3) is 4.74. The molecule has 1 amide bonds. The standard InChI is InChI=1S/C22H26N4O3.ClH/c27-21(25-12-9-22(10-13-25)8-11-23-16-22)18-6-7-19(20(14-18)26(28)29)24-15-17-4-2-1-3-5-17;/h1-7,14,23-24H,8-13,15-16H2;1H. The molecule has 2 heterocycles. The van der Waals surface area contributed by atoms with E-state index in [-0.39, 0.29) is 24.0 Å². The number of carbonyl (C=O) groups excluding carboxylic acids is 1. The Bertz CT molecular complexity index is 891. The lowest BCUT2D eigenvalue weighted by Crippen LogP contribution is -2.44. The van der Waals surface area contributed by atoms with E-state index < -0.39 is 4.92 Å². The summed E-state index contributed by atoms with van der Waals surface area (Å²) in [4.78, 5) is 25.9. The second kappa shape index (κ2) is 9.45. The number of nitrogens with zero attached hydrogens (tertiary/aromatic N) is 2. The highest BCUT2D eigenvalue weighted by atomic mass is 35.5. The number of rotatable bonds is 5. The number of carbonyl (C=O) groups is 1. The van der Waals surface area contributed by atoms with Gasteiger partial charge >= 0.3 is 0 Å². The van der Waals surface area contributed by atoms with Crippen LogP contribution in [-0.2, 0) is 6.54 Å². The zero-order chi connectivity index (χ0) is 20.3. The Morgan fingerprint density at radius 3 is 2.50 bits per heavy atom. The average molecular weight is 431 g/mol. The van der Waals surface area contributed by atoms with Gasteiger partial charge in [-0.15, -0.1) is 12.4 Å². The van der Waals surface area contributed by atoms with Gasteiger partial charge in [-0.05, 0) is 48.9 Å². The van der Waals surface area contributed by atoms with Crippen molar-refractivity contribution >= 4 is 29.7 Å². The number of anilines is 1. The number of hydrogen-bond donors (Lipinski definition) is 2. The summed E-state index contributed by atoms with van der Waals surface area (Å²) in [6.45, 7) is 3.99. The minimum absolute atomic E-state index is 0. The van der Waals surface area contributed by atoms with Gasteiger partial charge in [-0.25, -0.2) is 0 Å². The molecule has 8 heteroatoms. The summed E-state index contributed by atoms with van der Waals surface area (Å²) < 4.78 is 0. The molecule has 160 valence electrons. The van der Waals surface area contributed by atoms with E-state index in [4.69, 9.17) is 0 Å². The Morgan fingerprint density at radius 1 is 1.13 bits per heavy atom. The molecule has 2 aromatic rings. The zero-order valence-electron chi connectivity index (χ0n) is 16.8. The van der Waals surface area contributed by atoms with E-state index in [1.807, 2.05) is 35.2 Å². The fourth-order valence-corrected chi connectivity index (χ4v) is 4.35. The zero-order valence-corrected chi connectivity index (χ0v) is 17.6. The Morgan fingerprint density at radius 2 is 1.87 bits per heavy atom. The maximum Gasteiger partial charge on any atom is 0.293 e. The maximum absolute atomic E-state index is 12.9. The monoisotopic (exact) mass is 430 g/mol. The van der Waals surface area contributed by atoms with Gasteiger partial charge in [0.25, 0.3) is 11.6 Å². The number of nitro groups is 1. The Labute approximate surface area is 182 Å². The normalized spacial score (nSPS) is 17.4. The van der Waals surface area contributed by atoms with Crippen LogP contribution >= 0.6 is 12.4 Å². The van der Waals surface area contributed by atoms with Crippen LogP contribution in [-0.4, -0.2) is 41.9 Å². The lowest BCUT2D eigenvalue weighted by Gasteiger charge is -2.38. The van der Waals surface area contributed by atoms with E-state index in [9.17, 15) is 14.9 Å². The van der Waals surface area contributed by atoms with E-state index in [2.05, 4.69) is 10.6 Å². The van der Waals surface area contributed by atoms with E-state index in [0.717, 1.165) is 31.5 Å². The SMILES string of the molecule is Cl.O=C(c1ccc(NCc2ccccc2)c([N+](=O)[O-])c1)N1CCC2(CCNC2)CC1. The van der Waals surface area contributed by atoms with Crippen molar-refractivity contribution in [1.29, 1.82) is 0 Å². The van der Waals surface area contributed by atoms with Crippen molar-refractivity contribution in [3.8, 4) is 0 Å². The van der Waals surface area contributed by atoms with E-state index in [0.29, 0.717) is 36.3 Å². The fourth-order valence-electron chi connectivity index (χ4n) is 4.35. The van der Waals surface area contributed by atoms with Crippen LogP contribution in [0, 0.1) is 15.5 Å². The summed E-state index contributed by atoms with van der Waals surface area (Å²) in [5, 5.41) is 18.1. The summed E-state index contributed by atoms with van der Waals surface area (Å²) in [6.07, 6.45) is 3.15. The van der Waals surface area contributed by atoms with Crippen molar-refractivity contribution in [2.24, 2.45) is 5.41 Å². The molecule has 30 heavy (non-hydrogen) atoms. The Kier molecular flexibility index (Phi) is 6.95. The van der Waals surface area contributed by atoms with E-state index in [1.165, 1.54) is 12.5 Å². The molecule has 0 aromatic heterocycles. The molecule has 2 saturated heterocycles. The molecule has 0 bridgehead atoms. The molecule has 0 aliphatic carbocycles. The maximum atomic E-state index is 12.9. The number of nitrogens with one attached hydrogen (secondary N) is 2. The molecule has 2 aliphatic heterocycles. The molecular formula is C22H27ClN4O3. The first kappa shape index (κ1) is 22.1. The van der Waals surface area contributed by atoms with Crippen molar-refractivity contribution < 1.29 is 9.72 Å². The smallest absolute Gasteiger partial charge is 0.293 e. The summed E-state index contributed by atoms with van der Waals surface area (Å²) >= 11 is 0. The number of benzene rings is 2. The van der Waals surface area contributed by atoms with Crippen molar-refractivity contribution in [2.45, 2.75) is 25.8 Å². The molecule has 2 aliphatic rings. The van der Waals surface area contributed by atoms with Crippen LogP contribution < -0.4 is 10.6 Å². The molecule has 4 rings (SSSR count). The average Bonchev–Trinajstić information content (AvgIpc) is 3.21. The van der Waals surface area contributed by atoms with E-state index >= 15 is 0 Å². The predicted molar refractivity (Wildman–Crippen MR) is 119 cm³/mol. The topological polar surface area (TPSA) is 87.5 Å². The van der Waals surface area contributed by atoms with Crippen molar-refractivity contribution in [3.63, 3.8) is 0 Å². The second-order valence-corrected chi connectivity index (χ2v) is 8.05. The lowest BCUT2D eigenvalue weighted by molar-refractivity contribution is -0.384. The first-order valence-electron chi connectivity index (χ1n) is 10.1. The van der Waals surface area contributed by atoms with Gasteiger partial charge in [0.05, 0.1) is 4.92 Å². The summed E-state index contributed by atoms with van der Waals surface area (Å²) in [7, 11) is 0. The van der Waals surface area contributed by atoms with Crippen LogP contribution in [0.3, 0.4) is 0 Å². The fraction of sp³-hybridized carbons (Fsp3) is 0.409. The van der Waals surface area contributed by atoms with Gasteiger partial charge in [0.1, 0.15) is 5.69 Å². The molecule has 0 atom stereocenters. The van der Waals surface area contributed by atoms with Gasteiger partial charge in [0, 0.05) is 37.8 Å². The highest BCUT2D eigenvalue weighted by Gasteiger charge is 2.38. The number of nitro benzene ring substituents is 1. The van der Waals surface area contributed by atoms with Crippen molar-refractivity contribution in [1.82, 2.24) is 10.2 Å². The van der Waals surface area contributed by atoms with Crippen molar-refractivity contribution in [2.75, 3.05) is 31.5 Å². The molecule has 2 aromatic carbocycles. The highest BCUT2D eigenvalue weighted by molar-refractivity contribution is 5.95. The summed E-state index contributed by atoms with van der Waals surface area (Å²) in [6, 6.07) is 14.4. The van der Waals surface area contributed by atoms with Gasteiger partial charge in [0.15, 0.2) is 0 Å². The van der Waals surface area contributed by atoms with Gasteiger partial charge in [-0.1, -0.05) is 30.3 Å². The molecule has 1 spiro atoms. The minimum atomic E-state index is -0.431. The van der Waals surface area contributed by atoms with E-state index in [1.54, 1.807) is 12.1 Å². The molecule has 0 radical (unpaired) electrons. The van der Waals surface area contributed by atoms with Crippen LogP contribution in [0.2, 0.25) is 0 Å². The third-order valence-electron chi connectivity index (χ3n) is 6.21. The van der Waals surface area contributed by atoms with Gasteiger partial charge < -0.3 is 15.5 Å². The summed E-state index contributed by atoms with van der Waals surface area (Å²) in [5.74, 6) is -0.122. The first-order chi connectivity index (χ1) is 14.1. The lowest BCUT2D eigenvalue weighted by atomic mass is 9.78. The van der Waals surface area contributed by atoms with Crippen LogP contribution in [0.25, 0.3) is 0 Å². The molecular weight excluding hydrogens is 404 g/mol. The molecule has 0 saturated carbocycles. The molecule has 7 nitrogen and oxygen atoms in total. The van der Waals surface area contributed by atoms with Gasteiger partial charge in [0.2, 0.25) is 0 Å². The minimum Gasteiger partial charge on any atom is -0.375 e. The predicted octanol–water partition coefficient (Wildman–Crippen LogP) is 3.84.